The van der Waals surface area contributed by atoms with E-state index in [1.807, 2.05) is 0 Å². The minimum Gasteiger partial charge on any atom is -0.394 e. The minimum atomic E-state index is -0.371. The largest absolute Gasteiger partial charge is 0.394 e. The van der Waals surface area contributed by atoms with Gasteiger partial charge in [0, 0.05) is 5.92 Å². The van der Waals surface area contributed by atoms with Crippen molar-refractivity contribution in [2.75, 3.05) is 32.8 Å². The molecule has 0 amide bonds. The lowest BCUT2D eigenvalue weighted by molar-refractivity contribution is -0.252. The molecule has 2 bridgehead atoms. The summed E-state index contributed by atoms with van der Waals surface area (Å²) in [5.74, 6) is 0.174. The molecule has 0 aromatic heterocycles. The molecule has 0 radical (unpaired) electrons. The van der Waals surface area contributed by atoms with Crippen LogP contribution in [0.15, 0.2) is 0 Å². The molecule has 1 spiro atoms. The molecule has 4 nitrogen and oxygen atoms in total. The highest BCUT2D eigenvalue weighted by atomic mass is 16.7. The van der Waals surface area contributed by atoms with Gasteiger partial charge in [-0.15, -0.1) is 0 Å². The second kappa shape index (κ2) is 3.17. The van der Waals surface area contributed by atoms with Gasteiger partial charge in [0.05, 0.1) is 19.8 Å². The Balaban J connectivity index is 1.78. The topological polar surface area (TPSA) is 41.9 Å². The Morgan fingerprint density at radius 2 is 2.14 bits per heavy atom. The van der Waals surface area contributed by atoms with Crippen molar-refractivity contribution in [2.24, 2.45) is 5.92 Å². The summed E-state index contributed by atoms with van der Waals surface area (Å²) < 4.78 is 11.7. The number of aliphatic hydroxyl groups excluding tert-OH is 1. The van der Waals surface area contributed by atoms with Crippen molar-refractivity contribution < 1.29 is 14.6 Å². The van der Waals surface area contributed by atoms with E-state index in [-0.39, 0.29) is 18.5 Å². The molecule has 0 aromatic rings. The number of aliphatic hydroxyl groups is 1. The fourth-order valence-electron chi connectivity index (χ4n) is 2.94. The van der Waals surface area contributed by atoms with Gasteiger partial charge in [0.1, 0.15) is 6.10 Å². The van der Waals surface area contributed by atoms with Gasteiger partial charge in [-0.2, -0.15) is 0 Å². The number of hydrogen-bond donors (Lipinski definition) is 1. The maximum Gasteiger partial charge on any atom is 0.184 e. The molecule has 0 saturated carbocycles. The lowest BCUT2D eigenvalue weighted by Crippen LogP contribution is -2.60. The van der Waals surface area contributed by atoms with Crippen LogP contribution < -0.4 is 0 Å². The molecule has 4 heteroatoms. The van der Waals surface area contributed by atoms with E-state index in [2.05, 4.69) is 4.90 Å². The quantitative estimate of drug-likeness (QED) is 0.636. The van der Waals surface area contributed by atoms with Crippen LogP contribution in [0.1, 0.15) is 12.8 Å². The molecule has 4 fully saturated rings. The van der Waals surface area contributed by atoms with Crippen LogP contribution in [-0.2, 0) is 9.47 Å². The summed E-state index contributed by atoms with van der Waals surface area (Å²) in [5.41, 5.74) is 0. The van der Waals surface area contributed by atoms with Crippen molar-refractivity contribution >= 4 is 0 Å². The van der Waals surface area contributed by atoms with Crippen molar-refractivity contribution in [3.05, 3.63) is 0 Å². The number of hydrogen-bond acceptors (Lipinski definition) is 4. The highest BCUT2D eigenvalue weighted by molar-refractivity contribution is 4.96. The fraction of sp³-hybridized carbons (Fsp3) is 1.00. The van der Waals surface area contributed by atoms with Crippen molar-refractivity contribution in [1.82, 2.24) is 4.90 Å². The van der Waals surface area contributed by atoms with E-state index in [1.165, 1.54) is 25.9 Å². The van der Waals surface area contributed by atoms with Gasteiger partial charge in [0.15, 0.2) is 5.79 Å². The number of rotatable bonds is 1. The van der Waals surface area contributed by atoms with E-state index in [0.29, 0.717) is 12.5 Å². The molecule has 14 heavy (non-hydrogen) atoms. The SMILES string of the molecule is OCC1COC2(CN3CCC2CC3)O1. The molecule has 4 saturated heterocycles. The average molecular weight is 199 g/mol. The Kier molecular flexibility index (Phi) is 2.06. The van der Waals surface area contributed by atoms with Gasteiger partial charge in [0.2, 0.25) is 0 Å². The Bertz CT molecular complexity index is 227. The third kappa shape index (κ3) is 1.21. The molecule has 4 aliphatic heterocycles. The van der Waals surface area contributed by atoms with Gasteiger partial charge in [-0.3, -0.25) is 4.90 Å². The van der Waals surface area contributed by atoms with Gasteiger partial charge in [0.25, 0.3) is 0 Å². The minimum absolute atomic E-state index is 0.0778. The van der Waals surface area contributed by atoms with Gasteiger partial charge in [-0.05, 0) is 25.9 Å². The normalized spacial score (nSPS) is 51.6. The smallest absolute Gasteiger partial charge is 0.184 e. The Morgan fingerprint density at radius 1 is 1.36 bits per heavy atom. The van der Waals surface area contributed by atoms with Crippen LogP contribution in [0.4, 0.5) is 0 Å². The van der Waals surface area contributed by atoms with E-state index in [4.69, 9.17) is 14.6 Å². The zero-order valence-corrected chi connectivity index (χ0v) is 8.32. The van der Waals surface area contributed by atoms with Crippen molar-refractivity contribution in [2.45, 2.75) is 24.7 Å². The van der Waals surface area contributed by atoms with E-state index in [0.717, 1.165) is 6.54 Å². The molecule has 2 unspecified atom stereocenters. The van der Waals surface area contributed by atoms with Crippen molar-refractivity contribution in [3.8, 4) is 0 Å². The number of nitrogens with zero attached hydrogens (tertiary/aromatic N) is 1. The highest BCUT2D eigenvalue weighted by Crippen LogP contribution is 2.42. The van der Waals surface area contributed by atoms with Crippen LogP contribution in [0.5, 0.6) is 0 Å². The second-order valence-electron chi connectivity index (χ2n) is 4.60. The van der Waals surface area contributed by atoms with E-state index in [1.54, 1.807) is 0 Å². The maximum absolute atomic E-state index is 9.03. The Morgan fingerprint density at radius 3 is 2.64 bits per heavy atom. The van der Waals surface area contributed by atoms with Crippen LogP contribution in [0, 0.1) is 5.92 Å². The monoisotopic (exact) mass is 199 g/mol. The summed E-state index contributed by atoms with van der Waals surface area (Å²) in [4.78, 5) is 2.40. The predicted octanol–water partition coefficient (Wildman–Crippen LogP) is -0.184. The van der Waals surface area contributed by atoms with E-state index < -0.39 is 0 Å². The summed E-state index contributed by atoms with van der Waals surface area (Å²) in [6.07, 6.45) is 2.26. The van der Waals surface area contributed by atoms with Crippen LogP contribution >= 0.6 is 0 Å². The van der Waals surface area contributed by atoms with Crippen LogP contribution in [0.2, 0.25) is 0 Å². The van der Waals surface area contributed by atoms with Crippen LogP contribution in [-0.4, -0.2) is 54.7 Å². The van der Waals surface area contributed by atoms with Crippen molar-refractivity contribution in [3.63, 3.8) is 0 Å². The maximum atomic E-state index is 9.03. The molecule has 2 atom stereocenters. The summed E-state index contributed by atoms with van der Waals surface area (Å²) in [5, 5.41) is 9.03. The molecule has 1 N–H and O–H groups in total. The average Bonchev–Trinajstić information content (AvgIpc) is 2.63. The first-order valence-corrected chi connectivity index (χ1v) is 5.47. The zero-order valence-electron chi connectivity index (χ0n) is 8.32. The lowest BCUT2D eigenvalue weighted by atomic mass is 9.83. The van der Waals surface area contributed by atoms with Gasteiger partial charge >= 0.3 is 0 Å². The standard InChI is InChI=1S/C10H17NO3/c12-5-9-6-13-10(14-9)7-11-3-1-8(10)2-4-11/h8-9,12H,1-7H2. The highest BCUT2D eigenvalue weighted by Gasteiger charge is 2.53. The molecular weight excluding hydrogens is 182 g/mol. The third-order valence-corrected chi connectivity index (χ3v) is 3.74. The fourth-order valence-corrected chi connectivity index (χ4v) is 2.94. The third-order valence-electron chi connectivity index (χ3n) is 3.74. The lowest BCUT2D eigenvalue weighted by Gasteiger charge is -2.49. The summed E-state index contributed by atoms with van der Waals surface area (Å²) >= 11 is 0. The van der Waals surface area contributed by atoms with Gasteiger partial charge < -0.3 is 14.6 Å². The van der Waals surface area contributed by atoms with Crippen molar-refractivity contribution in [1.29, 1.82) is 0 Å². The summed E-state index contributed by atoms with van der Waals surface area (Å²) in [6.45, 7) is 3.90. The summed E-state index contributed by atoms with van der Waals surface area (Å²) in [6, 6.07) is 0. The van der Waals surface area contributed by atoms with E-state index >= 15 is 0 Å². The van der Waals surface area contributed by atoms with Gasteiger partial charge in [-0.1, -0.05) is 0 Å². The summed E-state index contributed by atoms with van der Waals surface area (Å²) in [7, 11) is 0. The number of piperidine rings is 3. The van der Waals surface area contributed by atoms with Crippen LogP contribution in [0.3, 0.4) is 0 Å². The molecule has 0 aliphatic carbocycles. The first-order chi connectivity index (χ1) is 6.82. The Hall–Kier alpha value is -0.160. The zero-order chi connectivity index (χ0) is 9.60. The predicted molar refractivity (Wildman–Crippen MR) is 49.8 cm³/mol. The first-order valence-electron chi connectivity index (χ1n) is 5.47. The Labute approximate surface area is 83.8 Å². The number of fused-ring (bicyclic) bond motifs is 2. The molecule has 0 aromatic carbocycles. The molecule has 4 heterocycles. The van der Waals surface area contributed by atoms with Crippen LogP contribution in [0.25, 0.3) is 0 Å². The first kappa shape index (κ1) is 9.09. The van der Waals surface area contributed by atoms with Gasteiger partial charge in [-0.25, -0.2) is 0 Å². The molecule has 4 aliphatic rings. The molecule has 4 rings (SSSR count). The molecule has 80 valence electrons. The number of ether oxygens (including phenoxy) is 2. The second-order valence-corrected chi connectivity index (χ2v) is 4.60. The molecular formula is C10H17NO3. The van der Waals surface area contributed by atoms with E-state index in [9.17, 15) is 0 Å².